The summed E-state index contributed by atoms with van der Waals surface area (Å²) < 4.78 is 5.14. The molecule has 124 valence electrons. The molecule has 4 nitrogen and oxygen atoms in total. The second kappa shape index (κ2) is 6.85. The predicted octanol–water partition coefficient (Wildman–Crippen LogP) is 4.44. The third-order valence-electron chi connectivity index (χ3n) is 3.70. The molecule has 0 bridgehead atoms. The van der Waals surface area contributed by atoms with Crippen LogP contribution in [0, 0.1) is 0 Å². The Hall–Kier alpha value is -2.01. The van der Waals surface area contributed by atoms with Crippen molar-refractivity contribution < 1.29 is 9.52 Å². The van der Waals surface area contributed by atoms with Crippen molar-refractivity contribution in [2.75, 3.05) is 7.05 Å². The number of hydrogen-bond donors (Lipinski definition) is 1. The molecule has 0 aliphatic rings. The highest BCUT2D eigenvalue weighted by molar-refractivity contribution is 6.32. The molecule has 0 aliphatic carbocycles. The van der Waals surface area contributed by atoms with Crippen molar-refractivity contribution in [2.24, 2.45) is 0 Å². The van der Waals surface area contributed by atoms with Gasteiger partial charge in [0.1, 0.15) is 11.3 Å². The molecule has 0 saturated heterocycles. The summed E-state index contributed by atoms with van der Waals surface area (Å²) in [6, 6.07) is 12.0. The average molecular weight is 364 g/mol. The highest BCUT2D eigenvalue weighted by Gasteiger charge is 2.11. The van der Waals surface area contributed by atoms with E-state index in [1.54, 1.807) is 6.07 Å². The van der Waals surface area contributed by atoms with Gasteiger partial charge in [-0.3, -0.25) is 4.90 Å². The van der Waals surface area contributed by atoms with Gasteiger partial charge in [0, 0.05) is 35.6 Å². The monoisotopic (exact) mass is 363 g/mol. The van der Waals surface area contributed by atoms with E-state index in [-0.39, 0.29) is 10.8 Å². The fourth-order valence-electron chi connectivity index (χ4n) is 2.61. The van der Waals surface area contributed by atoms with Gasteiger partial charge in [0.05, 0.1) is 5.02 Å². The molecule has 24 heavy (non-hydrogen) atoms. The Kier molecular flexibility index (Phi) is 4.81. The fourth-order valence-corrected chi connectivity index (χ4v) is 2.90. The van der Waals surface area contributed by atoms with Gasteiger partial charge in [-0.2, -0.15) is 0 Å². The minimum Gasteiger partial charge on any atom is -0.506 e. The first kappa shape index (κ1) is 16.8. The Morgan fingerprint density at radius 2 is 1.79 bits per heavy atom. The van der Waals surface area contributed by atoms with E-state index in [1.165, 1.54) is 12.1 Å². The summed E-state index contributed by atoms with van der Waals surface area (Å²) in [6.45, 7) is 1.23. The SMILES string of the molecule is CN(Cc1ccc(Cl)cc1)Cc1cc(=O)oc2cc(O)c(Cl)cc12. The van der Waals surface area contributed by atoms with Crippen molar-refractivity contribution in [1.29, 1.82) is 0 Å². The van der Waals surface area contributed by atoms with E-state index < -0.39 is 5.63 Å². The van der Waals surface area contributed by atoms with E-state index >= 15 is 0 Å². The summed E-state index contributed by atoms with van der Waals surface area (Å²) in [5.41, 5.74) is 1.77. The van der Waals surface area contributed by atoms with Crippen LogP contribution in [-0.2, 0) is 13.1 Å². The molecule has 0 aliphatic heterocycles. The smallest absolute Gasteiger partial charge is 0.336 e. The van der Waals surface area contributed by atoms with Crippen molar-refractivity contribution in [3.8, 4) is 5.75 Å². The lowest BCUT2D eigenvalue weighted by Gasteiger charge is -2.18. The Balaban J connectivity index is 1.90. The molecule has 1 aromatic heterocycles. The maximum absolute atomic E-state index is 11.8. The van der Waals surface area contributed by atoms with Gasteiger partial charge in [0.2, 0.25) is 0 Å². The summed E-state index contributed by atoms with van der Waals surface area (Å²) >= 11 is 11.9. The minimum atomic E-state index is -0.459. The zero-order chi connectivity index (χ0) is 17.3. The Labute approximate surface area is 148 Å². The van der Waals surface area contributed by atoms with Gasteiger partial charge < -0.3 is 9.52 Å². The van der Waals surface area contributed by atoms with Gasteiger partial charge in [-0.1, -0.05) is 35.3 Å². The van der Waals surface area contributed by atoms with Crippen LogP contribution in [0.1, 0.15) is 11.1 Å². The fraction of sp³-hybridized carbons (Fsp3) is 0.167. The molecule has 0 saturated carbocycles. The van der Waals surface area contributed by atoms with Gasteiger partial charge in [0.15, 0.2) is 0 Å². The van der Waals surface area contributed by atoms with Crippen molar-refractivity contribution in [3.05, 3.63) is 74.1 Å². The lowest BCUT2D eigenvalue weighted by atomic mass is 10.1. The molecule has 0 atom stereocenters. The van der Waals surface area contributed by atoms with Crippen LogP contribution in [0.3, 0.4) is 0 Å². The number of phenols is 1. The third-order valence-corrected chi connectivity index (χ3v) is 4.26. The number of nitrogens with zero attached hydrogens (tertiary/aromatic N) is 1. The van der Waals surface area contributed by atoms with E-state index in [0.29, 0.717) is 29.1 Å². The number of aromatic hydroxyl groups is 1. The van der Waals surface area contributed by atoms with E-state index in [1.807, 2.05) is 31.3 Å². The second-order valence-electron chi connectivity index (χ2n) is 5.69. The van der Waals surface area contributed by atoms with Gasteiger partial charge in [0.25, 0.3) is 0 Å². The molecule has 1 heterocycles. The summed E-state index contributed by atoms with van der Waals surface area (Å²) in [4.78, 5) is 13.8. The molecule has 0 amide bonds. The molecule has 3 aromatic rings. The molecule has 0 radical (unpaired) electrons. The molecule has 0 fully saturated rings. The maximum Gasteiger partial charge on any atom is 0.336 e. The highest BCUT2D eigenvalue weighted by atomic mass is 35.5. The predicted molar refractivity (Wildman–Crippen MR) is 95.8 cm³/mol. The van der Waals surface area contributed by atoms with Crippen LogP contribution >= 0.6 is 23.2 Å². The first-order chi connectivity index (χ1) is 11.4. The molecular weight excluding hydrogens is 349 g/mol. The van der Waals surface area contributed by atoms with Crippen molar-refractivity contribution in [1.82, 2.24) is 4.90 Å². The molecule has 0 spiro atoms. The van der Waals surface area contributed by atoms with Crippen molar-refractivity contribution in [2.45, 2.75) is 13.1 Å². The van der Waals surface area contributed by atoms with Crippen molar-refractivity contribution in [3.63, 3.8) is 0 Å². The number of fused-ring (bicyclic) bond motifs is 1. The number of rotatable bonds is 4. The first-order valence-corrected chi connectivity index (χ1v) is 8.06. The van der Waals surface area contributed by atoms with Crippen LogP contribution in [0.15, 0.2) is 51.7 Å². The molecular formula is C18H15Cl2NO3. The van der Waals surface area contributed by atoms with Crippen LogP contribution in [0.25, 0.3) is 11.0 Å². The zero-order valence-corrected chi connectivity index (χ0v) is 14.4. The van der Waals surface area contributed by atoms with Crippen LogP contribution in [-0.4, -0.2) is 17.1 Å². The molecule has 1 N–H and O–H groups in total. The standard InChI is InChI=1S/C18H15Cl2NO3/c1-21(9-11-2-4-13(19)5-3-11)10-12-6-18(23)24-17-8-16(22)15(20)7-14(12)17/h2-8,22H,9-10H2,1H3. The largest absolute Gasteiger partial charge is 0.506 e. The number of phenolic OH excluding ortho intramolecular Hbond substituents is 1. The van der Waals surface area contributed by atoms with Gasteiger partial charge >= 0.3 is 5.63 Å². The van der Waals surface area contributed by atoms with E-state index in [9.17, 15) is 9.90 Å². The molecule has 6 heteroatoms. The Morgan fingerprint density at radius 3 is 2.50 bits per heavy atom. The molecule has 2 aromatic carbocycles. The third kappa shape index (κ3) is 3.73. The van der Waals surface area contributed by atoms with E-state index in [2.05, 4.69) is 4.90 Å². The van der Waals surface area contributed by atoms with E-state index in [0.717, 1.165) is 11.1 Å². The number of hydrogen-bond acceptors (Lipinski definition) is 4. The average Bonchev–Trinajstić information content (AvgIpc) is 2.51. The van der Waals surface area contributed by atoms with Crippen LogP contribution in [0.4, 0.5) is 0 Å². The summed E-state index contributed by atoms with van der Waals surface area (Å²) in [5, 5.41) is 11.3. The normalized spacial score (nSPS) is 11.3. The summed E-state index contributed by atoms with van der Waals surface area (Å²) in [5.74, 6) is -0.112. The van der Waals surface area contributed by atoms with Crippen LogP contribution in [0.2, 0.25) is 10.0 Å². The molecule has 3 rings (SSSR count). The highest BCUT2D eigenvalue weighted by Crippen LogP contribution is 2.30. The van der Waals surface area contributed by atoms with Crippen molar-refractivity contribution >= 4 is 34.2 Å². The van der Waals surface area contributed by atoms with Gasteiger partial charge in [-0.25, -0.2) is 4.79 Å². The van der Waals surface area contributed by atoms with E-state index in [4.69, 9.17) is 27.6 Å². The lowest BCUT2D eigenvalue weighted by Crippen LogP contribution is -2.18. The Bertz CT molecular complexity index is 935. The lowest BCUT2D eigenvalue weighted by molar-refractivity contribution is 0.319. The second-order valence-corrected chi connectivity index (χ2v) is 6.53. The number of halogens is 2. The Morgan fingerprint density at radius 1 is 1.08 bits per heavy atom. The summed E-state index contributed by atoms with van der Waals surface area (Å²) in [7, 11) is 1.96. The van der Waals surface area contributed by atoms with Gasteiger partial charge in [-0.15, -0.1) is 0 Å². The maximum atomic E-state index is 11.8. The quantitative estimate of drug-likeness (QED) is 0.696. The molecule has 0 unspecified atom stereocenters. The van der Waals surface area contributed by atoms with Crippen LogP contribution < -0.4 is 5.63 Å². The topological polar surface area (TPSA) is 53.7 Å². The number of benzene rings is 2. The minimum absolute atomic E-state index is 0.112. The first-order valence-electron chi connectivity index (χ1n) is 7.30. The van der Waals surface area contributed by atoms with Crippen LogP contribution in [0.5, 0.6) is 5.75 Å². The summed E-state index contributed by atoms with van der Waals surface area (Å²) in [6.07, 6.45) is 0. The van der Waals surface area contributed by atoms with Gasteiger partial charge in [-0.05, 0) is 36.4 Å². The zero-order valence-electron chi connectivity index (χ0n) is 12.9.